The highest BCUT2D eigenvalue weighted by Crippen LogP contribution is 2.21. The third-order valence-corrected chi connectivity index (χ3v) is 7.18. The Kier molecular flexibility index (Phi) is 6.50. The smallest absolute Gasteiger partial charge is 0.244 e. The van der Waals surface area contributed by atoms with E-state index in [4.69, 9.17) is 0 Å². The third-order valence-electron chi connectivity index (χ3n) is 4.73. The fraction of sp³-hybridized carbons (Fsp3) is 0.300. The van der Waals surface area contributed by atoms with Crippen LogP contribution in [0.15, 0.2) is 57.9 Å². The van der Waals surface area contributed by atoms with Crippen LogP contribution >= 0.6 is 15.9 Å². The van der Waals surface area contributed by atoms with Crippen molar-refractivity contribution in [3.63, 3.8) is 0 Å². The van der Waals surface area contributed by atoms with Crippen molar-refractivity contribution in [2.24, 2.45) is 0 Å². The first kappa shape index (κ1) is 20.5. The summed E-state index contributed by atoms with van der Waals surface area (Å²) in [5.74, 6) is 0.0226. The zero-order valence-corrected chi connectivity index (χ0v) is 17.6. The first-order chi connectivity index (χ1) is 13.4. The second kappa shape index (κ2) is 8.86. The molecule has 0 N–H and O–H groups in total. The Morgan fingerprint density at radius 2 is 1.79 bits per heavy atom. The van der Waals surface area contributed by atoms with Gasteiger partial charge in [0.05, 0.1) is 10.5 Å². The summed E-state index contributed by atoms with van der Waals surface area (Å²) in [4.78, 5) is 14.2. The summed E-state index contributed by atoms with van der Waals surface area (Å²) in [6.45, 7) is 1.16. The van der Waals surface area contributed by atoms with E-state index >= 15 is 0 Å². The molecular formula is C20H20BrN3O3S. The normalized spacial score (nSPS) is 15.2. The minimum Gasteiger partial charge on any atom is -0.340 e. The molecule has 1 aliphatic heterocycles. The molecule has 1 fully saturated rings. The predicted octanol–water partition coefficient (Wildman–Crippen LogP) is 2.79. The highest BCUT2D eigenvalue weighted by atomic mass is 79.9. The SMILES string of the molecule is N#Cc1ccccc1S(=O)(=O)N1CCN(C(=O)CCc2cccc(Br)c2)CC1. The van der Waals surface area contributed by atoms with E-state index in [1.54, 1.807) is 17.0 Å². The summed E-state index contributed by atoms with van der Waals surface area (Å²) < 4.78 is 28.0. The van der Waals surface area contributed by atoms with Crippen LogP contribution in [0.5, 0.6) is 0 Å². The Bertz CT molecular complexity index is 1010. The van der Waals surface area contributed by atoms with E-state index in [-0.39, 0.29) is 29.5 Å². The van der Waals surface area contributed by atoms with Crippen molar-refractivity contribution >= 4 is 31.9 Å². The molecule has 0 saturated carbocycles. The van der Waals surface area contributed by atoms with Gasteiger partial charge in [-0.05, 0) is 36.2 Å². The highest BCUT2D eigenvalue weighted by Gasteiger charge is 2.31. The first-order valence-corrected chi connectivity index (χ1v) is 11.2. The summed E-state index contributed by atoms with van der Waals surface area (Å²) >= 11 is 3.42. The molecule has 0 atom stereocenters. The summed E-state index contributed by atoms with van der Waals surface area (Å²) in [6, 6.07) is 16.0. The summed E-state index contributed by atoms with van der Waals surface area (Å²) in [5, 5.41) is 9.18. The lowest BCUT2D eigenvalue weighted by molar-refractivity contribution is -0.132. The average molecular weight is 462 g/mol. The Morgan fingerprint density at radius 1 is 1.07 bits per heavy atom. The minimum absolute atomic E-state index is 0.0203. The number of rotatable bonds is 5. The van der Waals surface area contributed by atoms with Crippen molar-refractivity contribution < 1.29 is 13.2 Å². The van der Waals surface area contributed by atoms with Crippen LogP contribution in [0.3, 0.4) is 0 Å². The summed E-state index contributed by atoms with van der Waals surface area (Å²) in [5.41, 5.74) is 1.21. The molecule has 1 amide bonds. The number of hydrogen-bond donors (Lipinski definition) is 0. The van der Waals surface area contributed by atoms with Gasteiger partial charge in [-0.1, -0.05) is 40.2 Å². The Labute approximate surface area is 173 Å². The number of piperazine rings is 1. The van der Waals surface area contributed by atoms with Gasteiger partial charge in [-0.15, -0.1) is 0 Å². The van der Waals surface area contributed by atoms with Crippen molar-refractivity contribution in [2.45, 2.75) is 17.7 Å². The van der Waals surface area contributed by atoms with Crippen LogP contribution < -0.4 is 0 Å². The molecule has 3 rings (SSSR count). The van der Waals surface area contributed by atoms with Crippen LogP contribution in [0.25, 0.3) is 0 Å². The van der Waals surface area contributed by atoms with Gasteiger partial charge >= 0.3 is 0 Å². The molecule has 0 bridgehead atoms. The van der Waals surface area contributed by atoms with E-state index in [9.17, 15) is 18.5 Å². The van der Waals surface area contributed by atoms with Gasteiger partial charge in [0.25, 0.3) is 0 Å². The Hall–Kier alpha value is -2.21. The zero-order valence-electron chi connectivity index (χ0n) is 15.2. The molecule has 1 aliphatic rings. The van der Waals surface area contributed by atoms with Crippen LogP contribution in [0.4, 0.5) is 0 Å². The van der Waals surface area contributed by atoms with Crippen LogP contribution in [0.2, 0.25) is 0 Å². The van der Waals surface area contributed by atoms with Crippen molar-refractivity contribution in [1.82, 2.24) is 9.21 Å². The fourth-order valence-corrected chi connectivity index (χ4v) is 5.21. The average Bonchev–Trinajstić information content (AvgIpc) is 2.72. The molecule has 2 aromatic rings. The second-order valence-corrected chi connectivity index (χ2v) is 9.34. The number of hydrogen-bond acceptors (Lipinski definition) is 4. The number of benzene rings is 2. The monoisotopic (exact) mass is 461 g/mol. The van der Waals surface area contributed by atoms with Crippen molar-refractivity contribution in [3.8, 4) is 6.07 Å². The Balaban J connectivity index is 1.59. The second-order valence-electron chi connectivity index (χ2n) is 6.52. The number of amides is 1. The van der Waals surface area contributed by atoms with E-state index in [2.05, 4.69) is 15.9 Å². The van der Waals surface area contributed by atoms with Gasteiger partial charge < -0.3 is 4.90 Å². The molecule has 146 valence electrons. The maximum atomic E-state index is 12.9. The number of nitriles is 1. The lowest BCUT2D eigenvalue weighted by Gasteiger charge is -2.34. The number of aryl methyl sites for hydroxylation is 1. The van der Waals surface area contributed by atoms with Crippen LogP contribution in [-0.4, -0.2) is 49.7 Å². The molecule has 6 nitrogen and oxygen atoms in total. The largest absolute Gasteiger partial charge is 0.340 e. The molecule has 2 aromatic carbocycles. The number of nitrogens with zero attached hydrogens (tertiary/aromatic N) is 3. The summed E-state index contributed by atoms with van der Waals surface area (Å²) in [7, 11) is -3.75. The zero-order chi connectivity index (χ0) is 20.1. The molecule has 0 aromatic heterocycles. The van der Waals surface area contributed by atoms with E-state index in [1.807, 2.05) is 30.3 Å². The number of halogens is 1. The van der Waals surface area contributed by atoms with Gasteiger partial charge in [0.1, 0.15) is 6.07 Å². The molecule has 8 heteroatoms. The first-order valence-electron chi connectivity index (χ1n) is 8.93. The molecule has 1 saturated heterocycles. The number of sulfonamides is 1. The van der Waals surface area contributed by atoms with Gasteiger partial charge in [-0.25, -0.2) is 8.42 Å². The van der Waals surface area contributed by atoms with E-state index in [1.165, 1.54) is 16.4 Å². The van der Waals surface area contributed by atoms with Gasteiger partial charge in [-0.3, -0.25) is 4.79 Å². The molecule has 0 aliphatic carbocycles. The van der Waals surface area contributed by atoms with E-state index in [0.717, 1.165) is 10.0 Å². The third kappa shape index (κ3) is 4.61. The standard InChI is InChI=1S/C20H20BrN3O3S/c21-18-6-3-4-16(14-18)8-9-20(25)23-10-12-24(13-11-23)28(26,27)19-7-2-1-5-17(19)15-22/h1-7,14H,8-13H2. The van der Waals surface area contributed by atoms with Gasteiger partial charge in [-0.2, -0.15) is 9.57 Å². The van der Waals surface area contributed by atoms with Gasteiger partial charge in [0, 0.05) is 37.1 Å². The van der Waals surface area contributed by atoms with Crippen molar-refractivity contribution in [3.05, 3.63) is 64.1 Å². The molecule has 1 heterocycles. The van der Waals surface area contributed by atoms with Gasteiger partial charge in [0.2, 0.25) is 15.9 Å². The van der Waals surface area contributed by atoms with E-state index < -0.39 is 10.0 Å². The predicted molar refractivity (Wildman–Crippen MR) is 109 cm³/mol. The van der Waals surface area contributed by atoms with Crippen molar-refractivity contribution in [2.75, 3.05) is 26.2 Å². The maximum absolute atomic E-state index is 12.9. The molecule has 0 unspecified atom stereocenters. The van der Waals surface area contributed by atoms with E-state index in [0.29, 0.717) is 25.9 Å². The lowest BCUT2D eigenvalue weighted by Crippen LogP contribution is -2.50. The topological polar surface area (TPSA) is 81.5 Å². The molecule has 0 spiro atoms. The quantitative estimate of drug-likeness (QED) is 0.685. The van der Waals surface area contributed by atoms with Gasteiger partial charge in [0.15, 0.2) is 0 Å². The minimum atomic E-state index is -3.75. The van der Waals surface area contributed by atoms with Crippen LogP contribution in [0, 0.1) is 11.3 Å². The number of carbonyl (C=O) groups excluding carboxylic acids is 1. The van der Waals surface area contributed by atoms with Crippen LogP contribution in [-0.2, 0) is 21.2 Å². The molecule has 28 heavy (non-hydrogen) atoms. The number of carbonyl (C=O) groups is 1. The maximum Gasteiger partial charge on any atom is 0.244 e. The summed E-state index contributed by atoms with van der Waals surface area (Å²) in [6.07, 6.45) is 1.03. The highest BCUT2D eigenvalue weighted by molar-refractivity contribution is 9.10. The van der Waals surface area contributed by atoms with Crippen LogP contribution in [0.1, 0.15) is 17.5 Å². The fourth-order valence-electron chi connectivity index (χ4n) is 3.20. The lowest BCUT2D eigenvalue weighted by atomic mass is 10.1. The Morgan fingerprint density at radius 3 is 2.46 bits per heavy atom. The molecule has 0 radical (unpaired) electrons. The molecular weight excluding hydrogens is 442 g/mol. The van der Waals surface area contributed by atoms with Crippen molar-refractivity contribution in [1.29, 1.82) is 5.26 Å².